The maximum absolute atomic E-state index is 9.95. The van der Waals surface area contributed by atoms with Gasteiger partial charge in [0.1, 0.15) is 5.69 Å². The molecule has 5 N–H and O–H groups in total. The van der Waals surface area contributed by atoms with Crippen LogP contribution in [-0.4, -0.2) is 66.3 Å². The molecule has 21 heavy (non-hydrogen) atoms. The monoisotopic (exact) mass is 300 g/mol. The fraction of sp³-hybridized carbons (Fsp3) is 0.846. The number of hydrogen-bond acceptors (Lipinski definition) is 7. The van der Waals surface area contributed by atoms with Crippen molar-refractivity contribution in [2.45, 2.75) is 63.1 Å². The van der Waals surface area contributed by atoms with Gasteiger partial charge in [-0.2, -0.15) is 0 Å². The Hall–Kier alpha value is -1.06. The van der Waals surface area contributed by atoms with E-state index in [2.05, 4.69) is 22.6 Å². The van der Waals surface area contributed by atoms with Gasteiger partial charge in [-0.1, -0.05) is 25.0 Å². The van der Waals surface area contributed by atoms with Crippen LogP contribution in [0.5, 0.6) is 0 Å². The van der Waals surface area contributed by atoms with Gasteiger partial charge in [-0.3, -0.25) is 4.68 Å². The van der Waals surface area contributed by atoms with E-state index in [1.807, 2.05) is 0 Å². The third-order valence-electron chi connectivity index (χ3n) is 3.91. The largest absolute Gasteiger partial charge is 0.395 e. The van der Waals surface area contributed by atoms with E-state index >= 15 is 0 Å². The normalized spacial score (nSPS) is 30.7. The summed E-state index contributed by atoms with van der Waals surface area (Å²) in [5.74, 6) is 0. The molecule has 2 rings (SSSR count). The third kappa shape index (κ3) is 3.78. The van der Waals surface area contributed by atoms with Crippen molar-refractivity contribution in [2.24, 2.45) is 0 Å². The fourth-order valence-corrected chi connectivity index (χ4v) is 2.57. The first-order valence-electron chi connectivity index (χ1n) is 7.38. The molecule has 8 heteroatoms. The van der Waals surface area contributed by atoms with Crippen LogP contribution in [0.2, 0.25) is 0 Å². The number of unbranched alkanes of at least 4 members (excludes halogenated alkanes) is 1. The number of aromatic nitrogens is 3. The van der Waals surface area contributed by atoms with E-state index in [1.165, 1.54) is 4.68 Å². The Balaban J connectivity index is 1.93. The molecule has 2 heterocycles. The van der Waals surface area contributed by atoms with Gasteiger partial charge in [0.25, 0.3) is 0 Å². The number of nitrogens with one attached hydrogen (secondary N) is 1. The van der Waals surface area contributed by atoms with E-state index in [4.69, 9.17) is 5.11 Å². The molecule has 1 aliphatic heterocycles. The van der Waals surface area contributed by atoms with Crippen LogP contribution in [0.4, 0.5) is 0 Å². The average molecular weight is 300 g/mol. The molecule has 120 valence electrons. The quantitative estimate of drug-likeness (QED) is 0.417. The molecule has 0 bridgehead atoms. The zero-order chi connectivity index (χ0) is 15.4. The van der Waals surface area contributed by atoms with Crippen LogP contribution >= 0.6 is 0 Å². The van der Waals surface area contributed by atoms with Crippen LogP contribution in [0.25, 0.3) is 0 Å². The van der Waals surface area contributed by atoms with E-state index in [9.17, 15) is 15.3 Å². The summed E-state index contributed by atoms with van der Waals surface area (Å²) in [5, 5.41) is 49.5. The Kier molecular flexibility index (Phi) is 5.65. The van der Waals surface area contributed by atoms with Crippen LogP contribution in [0.3, 0.4) is 0 Å². The Morgan fingerprint density at radius 3 is 2.67 bits per heavy atom. The van der Waals surface area contributed by atoms with Crippen molar-refractivity contribution in [3.8, 4) is 0 Å². The first-order valence-corrected chi connectivity index (χ1v) is 7.38. The molecule has 0 amide bonds. The molecule has 1 aromatic rings. The molecule has 0 aliphatic carbocycles. The molecule has 0 saturated carbocycles. The Morgan fingerprint density at radius 1 is 1.33 bits per heavy atom. The molecule has 5 atom stereocenters. The molecular formula is C13H24N4O4. The molecule has 1 aromatic heterocycles. The maximum atomic E-state index is 9.95. The van der Waals surface area contributed by atoms with Crippen LogP contribution < -0.4 is 5.32 Å². The smallest absolute Gasteiger partial charge is 0.111 e. The Bertz CT molecular complexity index is 442. The fourth-order valence-electron chi connectivity index (χ4n) is 2.57. The summed E-state index contributed by atoms with van der Waals surface area (Å²) >= 11 is 0. The molecule has 0 radical (unpaired) electrons. The number of aliphatic hydroxyl groups excluding tert-OH is 4. The summed E-state index contributed by atoms with van der Waals surface area (Å²) in [6, 6.07) is -0.956. The average Bonchev–Trinajstić information content (AvgIpc) is 3.05. The third-order valence-corrected chi connectivity index (χ3v) is 3.91. The van der Waals surface area contributed by atoms with Crippen molar-refractivity contribution in [2.75, 3.05) is 6.61 Å². The first-order chi connectivity index (χ1) is 10.1. The lowest BCUT2D eigenvalue weighted by atomic mass is 10.1. The topological polar surface area (TPSA) is 124 Å². The lowest BCUT2D eigenvalue weighted by Crippen LogP contribution is -2.38. The van der Waals surface area contributed by atoms with Crippen LogP contribution in [-0.2, 0) is 6.54 Å². The summed E-state index contributed by atoms with van der Waals surface area (Å²) < 4.78 is 1.53. The van der Waals surface area contributed by atoms with Gasteiger partial charge in [-0.05, 0) is 6.42 Å². The van der Waals surface area contributed by atoms with Crippen molar-refractivity contribution < 1.29 is 20.4 Å². The van der Waals surface area contributed by atoms with Crippen LogP contribution in [0, 0.1) is 0 Å². The second kappa shape index (κ2) is 7.28. The molecule has 0 aromatic carbocycles. The minimum atomic E-state index is -1.00. The molecule has 1 saturated heterocycles. The number of nitrogens with zero attached hydrogens (tertiary/aromatic N) is 3. The summed E-state index contributed by atoms with van der Waals surface area (Å²) in [7, 11) is 0. The van der Waals surface area contributed by atoms with Crippen molar-refractivity contribution in [1.82, 2.24) is 20.3 Å². The predicted octanol–water partition coefficient (Wildman–Crippen LogP) is -1.44. The lowest BCUT2D eigenvalue weighted by Gasteiger charge is -2.15. The number of aliphatic hydroxyl groups is 4. The van der Waals surface area contributed by atoms with Gasteiger partial charge in [0, 0.05) is 0 Å². The van der Waals surface area contributed by atoms with Crippen LogP contribution in [0.15, 0.2) is 6.20 Å². The summed E-state index contributed by atoms with van der Waals surface area (Å²) in [6.07, 6.45) is 1.61. The van der Waals surface area contributed by atoms with E-state index in [-0.39, 0.29) is 6.61 Å². The van der Waals surface area contributed by atoms with Gasteiger partial charge in [-0.25, -0.2) is 0 Å². The second-order valence-electron chi connectivity index (χ2n) is 5.57. The van der Waals surface area contributed by atoms with Gasteiger partial charge < -0.3 is 25.7 Å². The van der Waals surface area contributed by atoms with Crippen molar-refractivity contribution >= 4 is 0 Å². The molecular weight excluding hydrogens is 276 g/mol. The van der Waals surface area contributed by atoms with Gasteiger partial charge in [0.15, 0.2) is 0 Å². The summed E-state index contributed by atoms with van der Waals surface area (Å²) in [5.41, 5.74) is 0.509. The molecule has 1 fully saturated rings. The molecule has 0 spiro atoms. The van der Waals surface area contributed by atoms with Gasteiger partial charge in [0.2, 0.25) is 0 Å². The minimum absolute atomic E-state index is 0.243. The van der Waals surface area contributed by atoms with E-state index in [0.717, 1.165) is 12.8 Å². The Labute approximate surface area is 123 Å². The van der Waals surface area contributed by atoms with Crippen LogP contribution in [0.1, 0.15) is 38.0 Å². The summed E-state index contributed by atoms with van der Waals surface area (Å²) in [6.45, 7) is 2.12. The highest BCUT2D eigenvalue weighted by molar-refractivity contribution is 5.00. The van der Waals surface area contributed by atoms with Crippen molar-refractivity contribution in [3.05, 3.63) is 11.9 Å². The number of rotatable bonds is 7. The van der Waals surface area contributed by atoms with Crippen molar-refractivity contribution in [1.29, 1.82) is 0 Å². The highest BCUT2D eigenvalue weighted by Crippen LogP contribution is 2.18. The van der Waals surface area contributed by atoms with E-state index in [0.29, 0.717) is 18.7 Å². The zero-order valence-corrected chi connectivity index (χ0v) is 12.1. The first kappa shape index (κ1) is 16.3. The minimum Gasteiger partial charge on any atom is -0.395 e. The SMILES string of the molecule is CCCC[C@@H](O)c1cn(C[C@H]2N[C@H](CO)[C@@H](O)[C@@H]2O)nn1. The standard InChI is InChI=1S/C13H24N4O4/c1-2-3-4-11(19)8-5-17(16-15-8)6-9-12(20)13(21)10(7-18)14-9/h5,9-14,18-21H,2-4,6-7H2,1H3/t9-,10-,11-,12-,13-/m1/s1. The van der Waals surface area contributed by atoms with E-state index < -0.39 is 30.4 Å². The van der Waals surface area contributed by atoms with Gasteiger partial charge in [0.05, 0.1) is 49.7 Å². The van der Waals surface area contributed by atoms with Gasteiger partial charge in [-0.15, -0.1) is 5.10 Å². The highest BCUT2D eigenvalue weighted by Gasteiger charge is 2.40. The second-order valence-corrected chi connectivity index (χ2v) is 5.57. The molecule has 0 unspecified atom stereocenters. The Morgan fingerprint density at radius 2 is 2.05 bits per heavy atom. The highest BCUT2D eigenvalue weighted by atomic mass is 16.3. The number of hydrogen-bond donors (Lipinski definition) is 5. The zero-order valence-electron chi connectivity index (χ0n) is 12.1. The summed E-state index contributed by atoms with van der Waals surface area (Å²) in [4.78, 5) is 0. The molecule has 1 aliphatic rings. The molecule has 8 nitrogen and oxygen atoms in total. The predicted molar refractivity (Wildman–Crippen MR) is 74.3 cm³/mol. The van der Waals surface area contributed by atoms with Crippen molar-refractivity contribution in [3.63, 3.8) is 0 Å². The lowest BCUT2D eigenvalue weighted by molar-refractivity contribution is 0.0175. The maximum Gasteiger partial charge on any atom is 0.111 e. The van der Waals surface area contributed by atoms with E-state index in [1.54, 1.807) is 6.20 Å². The van der Waals surface area contributed by atoms with Gasteiger partial charge >= 0.3 is 0 Å².